The molecule has 0 bridgehead atoms. The predicted molar refractivity (Wildman–Crippen MR) is 110 cm³/mol. The number of thiazole rings is 1. The number of anilines is 1. The summed E-state index contributed by atoms with van der Waals surface area (Å²) in [7, 11) is 0. The van der Waals surface area contributed by atoms with Gasteiger partial charge >= 0.3 is 6.03 Å². The molecule has 2 amide bonds. The molecule has 144 valence electrons. The van der Waals surface area contributed by atoms with Gasteiger partial charge in [-0.3, -0.25) is 10.3 Å². The highest BCUT2D eigenvalue weighted by atomic mass is 32.1. The SMILES string of the molecule is O=C(Nc1nc(-c2ccccc2)cs1)N1CCNCC1COc1cccnc1. The van der Waals surface area contributed by atoms with Gasteiger partial charge in [-0.2, -0.15) is 0 Å². The first-order valence-corrected chi connectivity index (χ1v) is 10.00. The second-order valence-electron chi connectivity index (χ2n) is 6.39. The van der Waals surface area contributed by atoms with Crippen molar-refractivity contribution in [1.82, 2.24) is 20.2 Å². The van der Waals surface area contributed by atoms with E-state index in [2.05, 4.69) is 20.6 Å². The Bertz CT molecular complexity index is 903. The summed E-state index contributed by atoms with van der Waals surface area (Å²) < 4.78 is 5.80. The summed E-state index contributed by atoms with van der Waals surface area (Å²) in [5.74, 6) is 0.695. The van der Waals surface area contributed by atoms with Crippen molar-refractivity contribution in [3.8, 4) is 17.0 Å². The van der Waals surface area contributed by atoms with Crippen molar-refractivity contribution in [3.05, 3.63) is 60.2 Å². The van der Waals surface area contributed by atoms with Gasteiger partial charge in [0.15, 0.2) is 5.13 Å². The van der Waals surface area contributed by atoms with Gasteiger partial charge in [-0.25, -0.2) is 9.78 Å². The number of amides is 2. The van der Waals surface area contributed by atoms with E-state index in [4.69, 9.17) is 4.74 Å². The standard InChI is InChI=1S/C20H21N5O2S/c26-20(24-19-23-18(14-28-19)15-5-2-1-3-6-15)25-10-9-22-11-16(25)13-27-17-7-4-8-21-12-17/h1-8,12,14,16,22H,9-11,13H2,(H,23,24,26). The molecule has 8 heteroatoms. The number of piperazine rings is 1. The van der Waals surface area contributed by atoms with Crippen LogP contribution in [0.3, 0.4) is 0 Å². The number of aromatic nitrogens is 2. The van der Waals surface area contributed by atoms with E-state index in [1.54, 1.807) is 17.3 Å². The maximum Gasteiger partial charge on any atom is 0.324 e. The first-order chi connectivity index (χ1) is 13.8. The number of urea groups is 1. The molecule has 2 aromatic heterocycles. The molecule has 7 nitrogen and oxygen atoms in total. The molecule has 1 fully saturated rings. The number of hydrogen-bond donors (Lipinski definition) is 2. The Morgan fingerprint density at radius 3 is 3.00 bits per heavy atom. The Hall–Kier alpha value is -2.97. The molecule has 4 rings (SSSR count). The molecule has 0 spiro atoms. The number of carbonyl (C=O) groups excluding carboxylic acids is 1. The summed E-state index contributed by atoms with van der Waals surface area (Å²) in [6.45, 7) is 2.45. The number of pyridine rings is 1. The van der Waals surface area contributed by atoms with Crippen LogP contribution >= 0.6 is 11.3 Å². The summed E-state index contributed by atoms with van der Waals surface area (Å²) >= 11 is 1.42. The van der Waals surface area contributed by atoms with Gasteiger partial charge in [0, 0.05) is 36.8 Å². The molecule has 1 unspecified atom stereocenters. The van der Waals surface area contributed by atoms with Gasteiger partial charge in [0.05, 0.1) is 17.9 Å². The van der Waals surface area contributed by atoms with Crippen LogP contribution in [0.1, 0.15) is 0 Å². The molecule has 3 aromatic rings. The van der Waals surface area contributed by atoms with Gasteiger partial charge in [0.1, 0.15) is 12.4 Å². The van der Waals surface area contributed by atoms with Crippen LogP contribution in [0.15, 0.2) is 60.2 Å². The smallest absolute Gasteiger partial charge is 0.324 e. The van der Waals surface area contributed by atoms with E-state index in [1.807, 2.05) is 47.8 Å². The summed E-state index contributed by atoms with van der Waals surface area (Å²) in [6.07, 6.45) is 3.37. The fraction of sp³-hybridized carbons (Fsp3) is 0.250. The van der Waals surface area contributed by atoms with E-state index in [0.717, 1.165) is 17.8 Å². The van der Waals surface area contributed by atoms with Gasteiger partial charge in [0.25, 0.3) is 0 Å². The van der Waals surface area contributed by atoms with Crippen molar-refractivity contribution in [2.75, 3.05) is 31.6 Å². The monoisotopic (exact) mass is 395 g/mol. The number of nitrogens with one attached hydrogen (secondary N) is 2. The number of carbonyl (C=O) groups is 1. The topological polar surface area (TPSA) is 79.4 Å². The van der Waals surface area contributed by atoms with E-state index >= 15 is 0 Å². The predicted octanol–water partition coefficient (Wildman–Crippen LogP) is 3.09. The molecule has 28 heavy (non-hydrogen) atoms. The Kier molecular flexibility index (Phi) is 5.79. The second kappa shape index (κ2) is 8.81. The average molecular weight is 395 g/mol. The van der Waals surface area contributed by atoms with Crippen molar-refractivity contribution in [1.29, 1.82) is 0 Å². The van der Waals surface area contributed by atoms with Crippen LogP contribution in [0.25, 0.3) is 11.3 Å². The van der Waals surface area contributed by atoms with Gasteiger partial charge in [-0.15, -0.1) is 11.3 Å². The Morgan fingerprint density at radius 2 is 2.18 bits per heavy atom. The summed E-state index contributed by atoms with van der Waals surface area (Å²) in [6, 6.07) is 13.4. The number of rotatable bonds is 5. The molecule has 3 heterocycles. The molecular formula is C20H21N5O2S. The first kappa shape index (κ1) is 18.4. The zero-order valence-electron chi connectivity index (χ0n) is 15.2. The van der Waals surface area contributed by atoms with Crippen LogP contribution in [0, 0.1) is 0 Å². The maximum absolute atomic E-state index is 12.8. The number of benzene rings is 1. The van der Waals surface area contributed by atoms with E-state index in [0.29, 0.717) is 30.6 Å². The summed E-state index contributed by atoms with van der Waals surface area (Å²) in [5, 5.41) is 8.79. The molecule has 0 radical (unpaired) electrons. The molecule has 1 saturated heterocycles. The minimum Gasteiger partial charge on any atom is -0.490 e. The second-order valence-corrected chi connectivity index (χ2v) is 7.24. The van der Waals surface area contributed by atoms with Gasteiger partial charge < -0.3 is 15.0 Å². The van der Waals surface area contributed by atoms with Crippen molar-refractivity contribution >= 4 is 22.5 Å². The number of ether oxygens (including phenoxy) is 1. The van der Waals surface area contributed by atoms with Crippen molar-refractivity contribution < 1.29 is 9.53 Å². The highest BCUT2D eigenvalue weighted by Crippen LogP contribution is 2.25. The molecule has 0 saturated carbocycles. The lowest BCUT2D eigenvalue weighted by atomic mass is 10.2. The highest BCUT2D eigenvalue weighted by molar-refractivity contribution is 7.14. The number of nitrogens with zero attached hydrogens (tertiary/aromatic N) is 3. The van der Waals surface area contributed by atoms with Crippen LogP contribution in [0.2, 0.25) is 0 Å². The molecule has 0 aliphatic carbocycles. The minimum atomic E-state index is -0.157. The van der Waals surface area contributed by atoms with Crippen molar-refractivity contribution in [2.45, 2.75) is 6.04 Å². The third-order valence-corrected chi connectivity index (χ3v) is 5.23. The van der Waals surface area contributed by atoms with E-state index < -0.39 is 0 Å². The molecule has 1 aliphatic rings. The fourth-order valence-electron chi connectivity index (χ4n) is 3.04. The molecule has 1 aliphatic heterocycles. The summed E-state index contributed by atoms with van der Waals surface area (Å²) in [4.78, 5) is 23.2. The molecule has 1 atom stereocenters. The van der Waals surface area contributed by atoms with Crippen molar-refractivity contribution in [2.24, 2.45) is 0 Å². The van der Waals surface area contributed by atoms with Gasteiger partial charge in [-0.05, 0) is 12.1 Å². The Morgan fingerprint density at radius 1 is 1.29 bits per heavy atom. The lowest BCUT2D eigenvalue weighted by Gasteiger charge is -2.35. The van der Waals surface area contributed by atoms with Crippen LogP contribution in [0.5, 0.6) is 5.75 Å². The lowest BCUT2D eigenvalue weighted by molar-refractivity contribution is 0.133. The third kappa shape index (κ3) is 4.47. The van der Waals surface area contributed by atoms with E-state index in [1.165, 1.54) is 11.3 Å². The minimum absolute atomic E-state index is 0.0671. The third-order valence-electron chi connectivity index (χ3n) is 4.48. The van der Waals surface area contributed by atoms with Crippen LogP contribution < -0.4 is 15.4 Å². The zero-order chi connectivity index (χ0) is 19.2. The molecule has 1 aromatic carbocycles. The summed E-state index contributed by atoms with van der Waals surface area (Å²) in [5.41, 5.74) is 1.89. The maximum atomic E-state index is 12.8. The van der Waals surface area contributed by atoms with Crippen LogP contribution in [0.4, 0.5) is 9.93 Å². The average Bonchev–Trinajstić information content (AvgIpc) is 3.22. The lowest BCUT2D eigenvalue weighted by Crippen LogP contribution is -2.57. The number of hydrogen-bond acceptors (Lipinski definition) is 6. The quantitative estimate of drug-likeness (QED) is 0.694. The first-order valence-electron chi connectivity index (χ1n) is 9.12. The van der Waals surface area contributed by atoms with E-state index in [9.17, 15) is 4.79 Å². The largest absolute Gasteiger partial charge is 0.490 e. The normalized spacial score (nSPS) is 16.6. The van der Waals surface area contributed by atoms with Crippen molar-refractivity contribution in [3.63, 3.8) is 0 Å². The Balaban J connectivity index is 1.39. The zero-order valence-corrected chi connectivity index (χ0v) is 16.1. The highest BCUT2D eigenvalue weighted by Gasteiger charge is 2.27. The van der Waals surface area contributed by atoms with E-state index in [-0.39, 0.29) is 12.1 Å². The Labute approximate surface area is 167 Å². The molecule has 2 N–H and O–H groups in total. The van der Waals surface area contributed by atoms with Crippen LogP contribution in [-0.2, 0) is 0 Å². The molecular weight excluding hydrogens is 374 g/mol. The fourth-order valence-corrected chi connectivity index (χ4v) is 3.75. The van der Waals surface area contributed by atoms with Gasteiger partial charge in [-0.1, -0.05) is 30.3 Å². The van der Waals surface area contributed by atoms with Gasteiger partial charge in [0.2, 0.25) is 0 Å². The van der Waals surface area contributed by atoms with Crippen LogP contribution in [-0.4, -0.2) is 53.2 Å².